The highest BCUT2D eigenvalue weighted by Gasteiger charge is 2.01. The van der Waals surface area contributed by atoms with Crippen LogP contribution in [0, 0.1) is 13.8 Å². The van der Waals surface area contributed by atoms with Crippen molar-refractivity contribution in [2.24, 2.45) is 0 Å². The highest BCUT2D eigenvalue weighted by Crippen LogP contribution is 1.88. The van der Waals surface area contributed by atoms with Gasteiger partial charge in [0.2, 0.25) is 0 Å². The van der Waals surface area contributed by atoms with Crippen molar-refractivity contribution in [3.8, 4) is 0 Å². The summed E-state index contributed by atoms with van der Waals surface area (Å²) in [5, 5.41) is 2.21. The van der Waals surface area contributed by atoms with Crippen LogP contribution in [0.1, 0.15) is 11.4 Å². The van der Waals surface area contributed by atoms with Crippen LogP contribution >= 0.6 is 0 Å². The zero-order valence-corrected chi connectivity index (χ0v) is 9.86. The minimum atomic E-state index is 0.547. The third-order valence-corrected chi connectivity index (χ3v) is 3.10. The van der Waals surface area contributed by atoms with E-state index in [0.29, 0.717) is 9.52 Å². The predicted molar refractivity (Wildman–Crippen MR) is 63.0 cm³/mol. The Balaban J connectivity index is 2.22. The Morgan fingerprint density at radius 1 is 0.800 bits per heavy atom. The molecule has 0 saturated heterocycles. The Kier molecular flexibility index (Phi) is 2.92. The number of pyridine rings is 2. The molecule has 0 aliphatic carbocycles. The van der Waals surface area contributed by atoms with E-state index in [0.717, 1.165) is 22.0 Å². The molecule has 2 heterocycles. The normalized spacial score (nSPS) is 10.3. The molecule has 2 aromatic heterocycles. The lowest BCUT2D eigenvalue weighted by atomic mass is 10.4. The maximum atomic E-state index is 4.47. The summed E-state index contributed by atoms with van der Waals surface area (Å²) in [6, 6.07) is 12.2. The van der Waals surface area contributed by atoms with Crippen LogP contribution in [0.15, 0.2) is 36.4 Å². The first-order valence-corrected chi connectivity index (χ1v) is 5.88. The van der Waals surface area contributed by atoms with E-state index in [9.17, 15) is 0 Å². The van der Waals surface area contributed by atoms with E-state index in [-0.39, 0.29) is 0 Å². The summed E-state index contributed by atoms with van der Waals surface area (Å²) in [7, 11) is 0.547. The highest BCUT2D eigenvalue weighted by atomic mass is 28.2. The van der Waals surface area contributed by atoms with Gasteiger partial charge in [0.15, 0.2) is 9.52 Å². The molecule has 0 aliphatic rings. The molecule has 0 aromatic carbocycles. The lowest BCUT2D eigenvalue weighted by Gasteiger charge is -2.01. The average molecular weight is 212 g/mol. The van der Waals surface area contributed by atoms with Crippen molar-refractivity contribution in [1.82, 2.24) is 9.97 Å². The van der Waals surface area contributed by atoms with Gasteiger partial charge in [-0.2, -0.15) is 0 Å². The van der Waals surface area contributed by atoms with Crippen LogP contribution in [0.25, 0.3) is 0 Å². The second-order valence-corrected chi connectivity index (χ2v) is 4.73. The quantitative estimate of drug-likeness (QED) is 0.687. The van der Waals surface area contributed by atoms with Gasteiger partial charge in [0.1, 0.15) is 0 Å². The Hall–Kier alpha value is -1.48. The van der Waals surface area contributed by atoms with Crippen molar-refractivity contribution in [2.45, 2.75) is 13.8 Å². The number of hydrogen-bond donors (Lipinski definition) is 0. The van der Waals surface area contributed by atoms with Gasteiger partial charge in [0.05, 0.1) is 0 Å². The summed E-state index contributed by atoms with van der Waals surface area (Å²) >= 11 is 0. The third kappa shape index (κ3) is 2.73. The van der Waals surface area contributed by atoms with Crippen molar-refractivity contribution in [3.05, 3.63) is 47.8 Å². The fourth-order valence-electron chi connectivity index (χ4n) is 1.36. The second-order valence-electron chi connectivity index (χ2n) is 3.45. The summed E-state index contributed by atoms with van der Waals surface area (Å²) in [5.74, 6) is 0. The van der Waals surface area contributed by atoms with E-state index in [4.69, 9.17) is 0 Å². The molecule has 0 N–H and O–H groups in total. The van der Waals surface area contributed by atoms with E-state index in [1.165, 1.54) is 0 Å². The minimum absolute atomic E-state index is 0.547. The SMILES string of the molecule is Cc1cccc([Si]c2cccc(C)n2)n1. The lowest BCUT2D eigenvalue weighted by Crippen LogP contribution is -2.32. The maximum absolute atomic E-state index is 4.47. The first kappa shape index (κ1) is 10.0. The van der Waals surface area contributed by atoms with Gasteiger partial charge in [-0.15, -0.1) is 0 Å². The average Bonchev–Trinajstić information content (AvgIpc) is 2.17. The van der Waals surface area contributed by atoms with Crippen molar-refractivity contribution in [2.75, 3.05) is 0 Å². The zero-order valence-electron chi connectivity index (χ0n) is 8.86. The molecule has 2 rings (SSSR count). The molecule has 2 aromatic rings. The maximum Gasteiger partial charge on any atom is 0.173 e. The summed E-state index contributed by atoms with van der Waals surface area (Å²) in [6.07, 6.45) is 0. The Morgan fingerprint density at radius 3 is 1.67 bits per heavy atom. The van der Waals surface area contributed by atoms with Crippen LogP contribution in [-0.2, 0) is 0 Å². The Morgan fingerprint density at radius 2 is 1.27 bits per heavy atom. The largest absolute Gasteiger partial charge is 0.263 e. The van der Waals surface area contributed by atoms with Gasteiger partial charge >= 0.3 is 0 Å². The van der Waals surface area contributed by atoms with Crippen molar-refractivity contribution in [3.63, 3.8) is 0 Å². The van der Waals surface area contributed by atoms with Crippen molar-refractivity contribution < 1.29 is 0 Å². The fraction of sp³-hybridized carbons (Fsp3) is 0.167. The number of rotatable bonds is 2. The molecule has 0 unspecified atom stereocenters. The zero-order chi connectivity index (χ0) is 10.7. The molecular formula is C12H12N2Si. The van der Waals surface area contributed by atoms with Crippen LogP contribution in [0.3, 0.4) is 0 Å². The molecule has 0 saturated carbocycles. The number of hydrogen-bond acceptors (Lipinski definition) is 2. The monoisotopic (exact) mass is 212 g/mol. The van der Waals surface area contributed by atoms with Gasteiger partial charge in [-0.3, -0.25) is 9.97 Å². The second kappa shape index (κ2) is 4.36. The van der Waals surface area contributed by atoms with Gasteiger partial charge in [0, 0.05) is 22.0 Å². The van der Waals surface area contributed by atoms with Gasteiger partial charge in [-0.05, 0) is 38.1 Å². The van der Waals surface area contributed by atoms with Gasteiger partial charge in [0.25, 0.3) is 0 Å². The fourth-order valence-corrected chi connectivity index (χ4v) is 2.44. The van der Waals surface area contributed by atoms with Gasteiger partial charge in [-0.1, -0.05) is 12.1 Å². The lowest BCUT2D eigenvalue weighted by molar-refractivity contribution is 1.22. The van der Waals surface area contributed by atoms with Gasteiger partial charge < -0.3 is 0 Å². The van der Waals surface area contributed by atoms with Crippen molar-refractivity contribution >= 4 is 20.2 Å². The summed E-state index contributed by atoms with van der Waals surface area (Å²) in [4.78, 5) is 8.94. The topological polar surface area (TPSA) is 25.8 Å². The van der Waals surface area contributed by atoms with Crippen LogP contribution in [0.4, 0.5) is 0 Å². The van der Waals surface area contributed by atoms with E-state index < -0.39 is 0 Å². The first-order chi connectivity index (χ1) is 7.24. The van der Waals surface area contributed by atoms with E-state index in [1.807, 2.05) is 38.1 Å². The molecule has 3 heteroatoms. The molecule has 0 bridgehead atoms. The molecule has 0 fully saturated rings. The Bertz CT molecular complexity index is 425. The molecule has 15 heavy (non-hydrogen) atoms. The smallest absolute Gasteiger partial charge is 0.173 e. The van der Waals surface area contributed by atoms with Crippen LogP contribution < -0.4 is 10.6 Å². The molecule has 0 atom stereocenters. The summed E-state index contributed by atoms with van der Waals surface area (Å²) in [5.41, 5.74) is 2.13. The van der Waals surface area contributed by atoms with Gasteiger partial charge in [-0.25, -0.2) is 0 Å². The Labute approximate surface area is 92.2 Å². The molecule has 74 valence electrons. The molecule has 0 spiro atoms. The number of aryl methyl sites for hydroxylation is 2. The highest BCUT2D eigenvalue weighted by molar-refractivity contribution is 6.65. The molecule has 0 amide bonds. The molecule has 2 radical (unpaired) electrons. The third-order valence-electron chi connectivity index (χ3n) is 2.03. The standard InChI is InChI=1S/C12H12N2Si/c1-9-5-3-7-11(13-9)15-12-8-4-6-10(2)14-12/h3-8H,1-2H3. The van der Waals surface area contributed by atoms with Crippen LogP contribution in [0.2, 0.25) is 0 Å². The molecule has 2 nitrogen and oxygen atoms in total. The number of nitrogens with zero attached hydrogens (tertiary/aromatic N) is 2. The molecular weight excluding hydrogens is 200 g/mol. The summed E-state index contributed by atoms with van der Waals surface area (Å²) < 4.78 is 0. The molecule has 0 aliphatic heterocycles. The van der Waals surface area contributed by atoms with E-state index in [1.54, 1.807) is 0 Å². The first-order valence-electron chi connectivity index (χ1n) is 4.88. The van der Waals surface area contributed by atoms with Crippen molar-refractivity contribution in [1.29, 1.82) is 0 Å². The van der Waals surface area contributed by atoms with E-state index >= 15 is 0 Å². The van der Waals surface area contributed by atoms with Crippen LogP contribution in [-0.4, -0.2) is 19.5 Å². The van der Waals surface area contributed by atoms with Crippen LogP contribution in [0.5, 0.6) is 0 Å². The summed E-state index contributed by atoms with van der Waals surface area (Å²) in [6.45, 7) is 4.02. The minimum Gasteiger partial charge on any atom is -0.263 e. The predicted octanol–water partition coefficient (Wildman–Crippen LogP) is 0.748. The van der Waals surface area contributed by atoms with E-state index in [2.05, 4.69) is 22.1 Å². The number of aromatic nitrogens is 2.